The summed E-state index contributed by atoms with van der Waals surface area (Å²) in [5, 5.41) is 15.6. The lowest BCUT2D eigenvalue weighted by atomic mass is 10.0. The number of thiophene rings is 1. The maximum Gasteiger partial charge on any atom is 0.317 e. The Balaban J connectivity index is 1.22. The van der Waals surface area contributed by atoms with E-state index in [1.165, 1.54) is 10.4 Å². The van der Waals surface area contributed by atoms with Crippen molar-refractivity contribution >= 4 is 50.0 Å². The molecule has 0 spiro atoms. The first-order chi connectivity index (χ1) is 16.7. The van der Waals surface area contributed by atoms with E-state index in [0.29, 0.717) is 0 Å². The summed E-state index contributed by atoms with van der Waals surface area (Å²) in [7, 11) is 1.66. The number of anilines is 2. The first-order valence-corrected chi connectivity index (χ1v) is 12.3. The van der Waals surface area contributed by atoms with Gasteiger partial charge in [-0.25, -0.2) is 14.8 Å². The summed E-state index contributed by atoms with van der Waals surface area (Å²) < 4.78 is 5.61. The van der Waals surface area contributed by atoms with Crippen molar-refractivity contribution in [2.24, 2.45) is 0 Å². The number of urea groups is 1. The third kappa shape index (κ3) is 3.80. The van der Waals surface area contributed by atoms with Crippen LogP contribution in [0.25, 0.3) is 21.1 Å². The number of amides is 2. The lowest BCUT2D eigenvalue weighted by molar-refractivity contribution is 0.207. The summed E-state index contributed by atoms with van der Waals surface area (Å²) in [6.45, 7) is 5.26. The molecule has 0 saturated carbocycles. The van der Waals surface area contributed by atoms with Crippen LogP contribution in [-0.2, 0) is 13.0 Å². The molecule has 0 radical (unpaired) electrons. The molecule has 1 saturated heterocycles. The fourth-order valence-electron chi connectivity index (χ4n) is 4.84. The third-order valence-electron chi connectivity index (χ3n) is 6.58. The zero-order valence-electron chi connectivity index (χ0n) is 18.9. The molecule has 3 aromatic heterocycles. The highest BCUT2D eigenvalue weighted by atomic mass is 32.1. The number of aromatic amines is 1. The maximum atomic E-state index is 11.7. The lowest BCUT2D eigenvalue weighted by Gasteiger charge is -2.27. The second-order valence-electron chi connectivity index (χ2n) is 8.64. The van der Waals surface area contributed by atoms with Crippen LogP contribution in [0.15, 0.2) is 24.7 Å². The Kier molecular flexibility index (Phi) is 5.42. The minimum absolute atomic E-state index is 0.0626. The molecule has 3 N–H and O–H groups in total. The molecule has 2 aliphatic heterocycles. The normalized spacial score (nSPS) is 16.3. The van der Waals surface area contributed by atoms with Crippen LogP contribution in [0, 0.1) is 0 Å². The van der Waals surface area contributed by atoms with Crippen LogP contribution >= 0.6 is 11.3 Å². The van der Waals surface area contributed by atoms with Gasteiger partial charge in [-0.05, 0) is 24.5 Å². The largest absolute Gasteiger partial charge is 0.494 e. The van der Waals surface area contributed by atoms with E-state index >= 15 is 0 Å². The highest BCUT2D eigenvalue weighted by Gasteiger charge is 2.25. The van der Waals surface area contributed by atoms with E-state index in [1.54, 1.807) is 31.0 Å². The topological polar surface area (TPSA) is 111 Å². The molecule has 2 amide bonds. The van der Waals surface area contributed by atoms with E-state index in [9.17, 15) is 4.79 Å². The minimum atomic E-state index is 0.0626. The van der Waals surface area contributed by atoms with E-state index < -0.39 is 0 Å². The van der Waals surface area contributed by atoms with Crippen LogP contribution in [-0.4, -0.2) is 75.8 Å². The highest BCUT2D eigenvalue weighted by molar-refractivity contribution is 7.19. The first-order valence-electron chi connectivity index (χ1n) is 11.5. The second kappa shape index (κ2) is 8.73. The number of carbonyl (C=O) groups excluding carboxylic acids is 1. The quantitative estimate of drug-likeness (QED) is 0.374. The summed E-state index contributed by atoms with van der Waals surface area (Å²) in [5.74, 6) is 1.53. The standard InChI is InChI=1S/C23H26N8O2S/c1-33-18-10-16-14(11-27-29-16)9-17(18)28-21-20-15-3-7-30(5-2-6-31-8-4-24-23(31)32)12-19(15)34-22(20)26-13-25-21/h9-11,13H,2-8,12H2,1H3,(H,24,32)(H,27,29)(H,25,26,28). The number of nitrogens with one attached hydrogen (secondary N) is 3. The molecule has 0 atom stereocenters. The Bertz CT molecular complexity index is 1370. The van der Waals surface area contributed by atoms with Gasteiger partial charge in [0.05, 0.1) is 29.9 Å². The Morgan fingerprint density at radius 2 is 2.18 bits per heavy atom. The van der Waals surface area contributed by atoms with Crippen molar-refractivity contribution in [3.8, 4) is 5.75 Å². The van der Waals surface area contributed by atoms with Crippen molar-refractivity contribution in [3.05, 3.63) is 35.1 Å². The van der Waals surface area contributed by atoms with Crippen LogP contribution in [0.2, 0.25) is 0 Å². The lowest BCUT2D eigenvalue weighted by Crippen LogP contribution is -2.34. The van der Waals surface area contributed by atoms with Gasteiger partial charge in [-0.1, -0.05) is 0 Å². The minimum Gasteiger partial charge on any atom is -0.494 e. The van der Waals surface area contributed by atoms with Crippen molar-refractivity contribution in [1.29, 1.82) is 0 Å². The fourth-order valence-corrected chi connectivity index (χ4v) is 6.07. The number of nitrogens with zero attached hydrogens (tertiary/aromatic N) is 5. The molecule has 176 valence electrons. The number of hydrogen-bond acceptors (Lipinski definition) is 8. The summed E-state index contributed by atoms with van der Waals surface area (Å²) in [4.78, 5) is 27.6. The van der Waals surface area contributed by atoms with Crippen molar-refractivity contribution < 1.29 is 9.53 Å². The van der Waals surface area contributed by atoms with Crippen molar-refractivity contribution in [2.75, 3.05) is 45.2 Å². The molecular weight excluding hydrogens is 452 g/mol. The summed E-state index contributed by atoms with van der Waals surface area (Å²) in [6.07, 6.45) is 5.36. The molecule has 4 aromatic rings. The molecular formula is C23H26N8O2S. The zero-order chi connectivity index (χ0) is 23.1. The molecule has 1 fully saturated rings. The van der Waals surface area contributed by atoms with Crippen molar-refractivity contribution in [3.63, 3.8) is 0 Å². The molecule has 0 unspecified atom stereocenters. The van der Waals surface area contributed by atoms with Crippen LogP contribution in [0.3, 0.4) is 0 Å². The van der Waals surface area contributed by atoms with Gasteiger partial charge in [0.15, 0.2) is 0 Å². The molecule has 2 aliphatic rings. The zero-order valence-corrected chi connectivity index (χ0v) is 19.7. The van der Waals surface area contributed by atoms with E-state index in [0.717, 1.165) is 90.5 Å². The Labute approximate surface area is 200 Å². The Morgan fingerprint density at radius 1 is 1.24 bits per heavy atom. The molecule has 0 bridgehead atoms. The number of ether oxygens (including phenoxy) is 1. The number of benzene rings is 1. The molecule has 0 aliphatic carbocycles. The summed E-state index contributed by atoms with van der Waals surface area (Å²) >= 11 is 1.75. The van der Waals surface area contributed by atoms with Gasteiger partial charge in [0, 0.05) is 55.6 Å². The van der Waals surface area contributed by atoms with Crippen LogP contribution < -0.4 is 15.4 Å². The van der Waals surface area contributed by atoms with E-state index in [1.807, 2.05) is 17.0 Å². The average molecular weight is 479 g/mol. The van der Waals surface area contributed by atoms with Gasteiger partial charge in [-0.15, -0.1) is 11.3 Å². The maximum absolute atomic E-state index is 11.7. The number of aromatic nitrogens is 4. The van der Waals surface area contributed by atoms with Gasteiger partial charge in [-0.3, -0.25) is 10.00 Å². The smallest absolute Gasteiger partial charge is 0.317 e. The van der Waals surface area contributed by atoms with E-state index in [4.69, 9.17) is 4.74 Å². The van der Waals surface area contributed by atoms with Crippen LogP contribution in [0.5, 0.6) is 5.75 Å². The Hall–Kier alpha value is -3.44. The number of H-pyrrole nitrogens is 1. The number of rotatable bonds is 7. The van der Waals surface area contributed by atoms with Crippen LogP contribution in [0.1, 0.15) is 16.9 Å². The molecule has 11 heteroatoms. The third-order valence-corrected chi connectivity index (χ3v) is 7.70. The average Bonchev–Trinajstić information content (AvgIpc) is 3.56. The van der Waals surface area contributed by atoms with Crippen molar-refractivity contribution in [1.82, 2.24) is 35.3 Å². The molecule has 1 aromatic carbocycles. The highest BCUT2D eigenvalue weighted by Crippen LogP contribution is 2.39. The number of hydrogen-bond donors (Lipinski definition) is 3. The van der Waals surface area contributed by atoms with Gasteiger partial charge in [0.2, 0.25) is 0 Å². The number of methoxy groups -OCH3 is 1. The predicted molar refractivity (Wildman–Crippen MR) is 132 cm³/mol. The van der Waals surface area contributed by atoms with E-state index in [2.05, 4.69) is 35.7 Å². The van der Waals surface area contributed by atoms with Gasteiger partial charge >= 0.3 is 6.03 Å². The second-order valence-corrected chi connectivity index (χ2v) is 9.72. The summed E-state index contributed by atoms with van der Waals surface area (Å²) in [5.41, 5.74) is 3.11. The molecule has 5 heterocycles. The van der Waals surface area contributed by atoms with E-state index in [-0.39, 0.29) is 6.03 Å². The SMILES string of the molecule is COc1cc2[nH]ncc2cc1Nc1ncnc2sc3c(c12)CCN(CCCN1CCNC1=O)C3. The fraction of sp³-hybridized carbons (Fsp3) is 0.391. The van der Waals surface area contributed by atoms with Gasteiger partial charge in [0.25, 0.3) is 0 Å². The molecule has 6 rings (SSSR count). The van der Waals surface area contributed by atoms with Gasteiger partial charge in [-0.2, -0.15) is 5.10 Å². The summed E-state index contributed by atoms with van der Waals surface area (Å²) in [6, 6.07) is 4.02. The van der Waals surface area contributed by atoms with Crippen molar-refractivity contribution in [2.45, 2.75) is 19.4 Å². The number of carbonyl (C=O) groups is 1. The predicted octanol–water partition coefficient (Wildman–Crippen LogP) is 3.09. The first kappa shape index (κ1) is 21.1. The number of fused-ring (bicyclic) bond motifs is 4. The van der Waals surface area contributed by atoms with Crippen LogP contribution in [0.4, 0.5) is 16.3 Å². The van der Waals surface area contributed by atoms with Gasteiger partial charge < -0.3 is 20.3 Å². The molecule has 34 heavy (non-hydrogen) atoms. The monoisotopic (exact) mass is 478 g/mol. The Morgan fingerprint density at radius 3 is 3.03 bits per heavy atom. The van der Waals surface area contributed by atoms with Gasteiger partial charge in [0.1, 0.15) is 22.7 Å². The molecule has 10 nitrogen and oxygen atoms in total.